The third-order valence-electron chi connectivity index (χ3n) is 3.23. The number of imidazole rings is 1. The maximum absolute atomic E-state index is 12.8. The summed E-state index contributed by atoms with van der Waals surface area (Å²) < 4.78 is 42.8. The molecule has 0 aliphatic heterocycles. The van der Waals surface area contributed by atoms with E-state index >= 15 is 0 Å². The summed E-state index contributed by atoms with van der Waals surface area (Å²) in [5, 5.41) is 8.14. The number of nitrogens with zero attached hydrogens (tertiary/aromatic N) is 2. The number of anilines is 1. The number of furan rings is 1. The number of rotatable bonds is 6. The summed E-state index contributed by atoms with van der Waals surface area (Å²) in [6.07, 6.45) is 5.85. The van der Waals surface area contributed by atoms with E-state index in [1.165, 1.54) is 41.1 Å². The summed E-state index contributed by atoms with van der Waals surface area (Å²) >= 11 is 4.29. The lowest BCUT2D eigenvalue weighted by Gasteiger charge is -2.16. The minimum atomic E-state index is -4.07. The van der Waals surface area contributed by atoms with Crippen molar-refractivity contribution in [2.75, 3.05) is 5.32 Å². The summed E-state index contributed by atoms with van der Waals surface area (Å²) in [6, 6.07) is 6.06. The number of halogens is 1. The van der Waals surface area contributed by atoms with Crippen molar-refractivity contribution >= 4 is 38.7 Å². The van der Waals surface area contributed by atoms with Crippen LogP contribution in [0.3, 0.4) is 0 Å². The summed E-state index contributed by atoms with van der Waals surface area (Å²) in [4.78, 5) is 3.73. The molecule has 3 aromatic rings. The Morgan fingerprint density at radius 3 is 2.84 bits per heavy atom. The zero-order valence-electron chi connectivity index (χ0n) is 12.6. The molecule has 0 bridgehead atoms. The van der Waals surface area contributed by atoms with Gasteiger partial charge in [0.2, 0.25) is 14.9 Å². The van der Waals surface area contributed by atoms with Gasteiger partial charge in [-0.25, -0.2) is 18.5 Å². The molecule has 0 aliphatic carbocycles. The molecule has 25 heavy (non-hydrogen) atoms. The van der Waals surface area contributed by atoms with Crippen molar-refractivity contribution in [3.63, 3.8) is 0 Å². The molecule has 0 radical (unpaired) electrons. The Bertz CT molecular complexity index is 959. The fraction of sp³-hybridized carbons (Fsp3) is 0.0714. The number of hydrogen-bond donors (Lipinski definition) is 2. The van der Waals surface area contributed by atoms with Crippen LogP contribution in [0.4, 0.5) is 5.69 Å². The molecule has 0 saturated carbocycles. The van der Waals surface area contributed by atoms with Crippen LogP contribution in [0, 0.1) is 0 Å². The lowest BCUT2D eigenvalue weighted by molar-refractivity contribution is 0.517. The predicted molar refractivity (Wildman–Crippen MR) is 92.9 cm³/mol. The van der Waals surface area contributed by atoms with Crippen molar-refractivity contribution in [2.24, 2.45) is 5.14 Å². The topological polar surface area (TPSA) is 126 Å². The van der Waals surface area contributed by atoms with Gasteiger partial charge in [-0.1, -0.05) is 11.6 Å². The van der Waals surface area contributed by atoms with Crippen LogP contribution in [0.25, 0.3) is 0 Å². The summed E-state index contributed by atoms with van der Waals surface area (Å²) in [5.41, 5.74) is 0.390. The van der Waals surface area contributed by atoms with Crippen molar-refractivity contribution < 1.29 is 17.4 Å². The van der Waals surface area contributed by atoms with Gasteiger partial charge < -0.3 is 14.3 Å². The van der Waals surface area contributed by atoms with Gasteiger partial charge in [-0.05, 0) is 18.2 Å². The van der Waals surface area contributed by atoms with E-state index in [2.05, 4.69) is 10.3 Å². The van der Waals surface area contributed by atoms with Gasteiger partial charge in [0.1, 0.15) is 28.3 Å². The second-order valence-electron chi connectivity index (χ2n) is 4.93. The van der Waals surface area contributed by atoms with Crippen LogP contribution in [0.2, 0.25) is 5.02 Å². The summed E-state index contributed by atoms with van der Waals surface area (Å²) in [7, 11) is -4.07. The third kappa shape index (κ3) is 3.99. The average molecular weight is 401 g/mol. The molecule has 132 valence electrons. The summed E-state index contributed by atoms with van der Waals surface area (Å²) in [5.74, 6) is 0.644. The van der Waals surface area contributed by atoms with Crippen LogP contribution < -0.4 is 10.5 Å². The molecule has 1 atom stereocenters. The van der Waals surface area contributed by atoms with Crippen molar-refractivity contribution in [1.29, 1.82) is 0 Å². The van der Waals surface area contributed by atoms with E-state index < -0.39 is 21.4 Å². The second kappa shape index (κ2) is 7.10. The SMILES string of the molecule is NS(=O)(=O)c1cc([S+]([O-])n2ccnc2)c(NCc2ccco2)cc1Cl. The maximum Gasteiger partial charge on any atom is 0.239 e. The zero-order chi connectivity index (χ0) is 18.0. The molecule has 2 heterocycles. The van der Waals surface area contributed by atoms with Gasteiger partial charge in [-0.15, -0.1) is 0 Å². The largest absolute Gasteiger partial charge is 0.587 e. The molecule has 2 aromatic heterocycles. The molecule has 8 nitrogen and oxygen atoms in total. The van der Waals surface area contributed by atoms with E-state index in [9.17, 15) is 13.0 Å². The van der Waals surface area contributed by atoms with Gasteiger partial charge in [-0.2, -0.15) is 3.97 Å². The van der Waals surface area contributed by atoms with Crippen LogP contribution >= 0.6 is 11.6 Å². The number of benzene rings is 1. The molecule has 1 aromatic carbocycles. The van der Waals surface area contributed by atoms with Crippen LogP contribution in [-0.4, -0.2) is 21.9 Å². The van der Waals surface area contributed by atoms with Gasteiger partial charge >= 0.3 is 0 Å². The van der Waals surface area contributed by atoms with Crippen molar-refractivity contribution in [3.8, 4) is 0 Å². The van der Waals surface area contributed by atoms with Crippen molar-refractivity contribution in [1.82, 2.24) is 8.96 Å². The highest BCUT2D eigenvalue weighted by molar-refractivity contribution is 7.90. The molecular weight excluding hydrogens is 388 g/mol. The minimum Gasteiger partial charge on any atom is -0.587 e. The predicted octanol–water partition coefficient (Wildman–Crippen LogP) is 1.96. The minimum absolute atomic E-state index is 0.0733. The van der Waals surface area contributed by atoms with Gasteiger partial charge in [0.05, 0.1) is 29.7 Å². The molecule has 0 saturated heterocycles. The molecule has 0 aliphatic rings. The van der Waals surface area contributed by atoms with E-state index in [0.717, 1.165) is 0 Å². The first-order valence-corrected chi connectivity index (χ1v) is 9.92. The fourth-order valence-corrected chi connectivity index (χ4v) is 4.33. The van der Waals surface area contributed by atoms with Crippen LogP contribution in [0.5, 0.6) is 0 Å². The van der Waals surface area contributed by atoms with E-state index in [-0.39, 0.29) is 14.8 Å². The second-order valence-corrected chi connectivity index (χ2v) is 8.23. The molecule has 1 unspecified atom stereocenters. The average Bonchev–Trinajstić information content (AvgIpc) is 3.24. The third-order valence-corrected chi connectivity index (χ3v) is 5.92. The number of nitrogens with two attached hydrogens (primary N) is 1. The number of sulfonamides is 1. The smallest absolute Gasteiger partial charge is 0.239 e. The first kappa shape index (κ1) is 17.8. The van der Waals surface area contributed by atoms with Crippen LogP contribution in [-0.2, 0) is 27.9 Å². The Kier molecular flexibility index (Phi) is 5.06. The molecular formula is C14H13ClN4O4S2. The highest BCUT2D eigenvalue weighted by atomic mass is 35.5. The Labute approximate surface area is 152 Å². The lowest BCUT2D eigenvalue weighted by Crippen LogP contribution is -2.18. The Morgan fingerprint density at radius 2 is 2.24 bits per heavy atom. The van der Waals surface area contributed by atoms with Crippen LogP contribution in [0.1, 0.15) is 5.76 Å². The number of aromatic nitrogens is 2. The Balaban J connectivity index is 2.04. The molecule has 11 heteroatoms. The number of hydrogen-bond acceptors (Lipinski definition) is 6. The zero-order valence-corrected chi connectivity index (χ0v) is 15.0. The maximum atomic E-state index is 12.8. The molecule has 3 rings (SSSR count). The molecule has 3 N–H and O–H groups in total. The number of nitrogens with one attached hydrogen (secondary N) is 1. The quantitative estimate of drug-likeness (QED) is 0.609. The highest BCUT2D eigenvalue weighted by Gasteiger charge is 2.25. The first-order valence-electron chi connectivity index (χ1n) is 6.89. The highest BCUT2D eigenvalue weighted by Crippen LogP contribution is 2.32. The van der Waals surface area contributed by atoms with Crippen molar-refractivity contribution in [2.45, 2.75) is 16.3 Å². The van der Waals surface area contributed by atoms with E-state index in [1.54, 1.807) is 12.1 Å². The Hall–Kier alpha value is -1.98. The normalized spacial score (nSPS) is 12.9. The monoisotopic (exact) mass is 400 g/mol. The van der Waals surface area contributed by atoms with Crippen molar-refractivity contribution in [3.05, 3.63) is 60.0 Å². The fourth-order valence-electron chi connectivity index (χ4n) is 2.09. The summed E-state index contributed by atoms with van der Waals surface area (Å²) in [6.45, 7) is 0.298. The number of primary sulfonamides is 1. The van der Waals surface area contributed by atoms with E-state index in [1.807, 2.05) is 0 Å². The van der Waals surface area contributed by atoms with E-state index in [0.29, 0.717) is 18.0 Å². The first-order chi connectivity index (χ1) is 11.9. The standard InChI is InChI=1S/C14H13ClN4O4S2/c15-11-6-12(18-8-10-2-1-5-23-10)13(7-14(11)25(16,21)22)24(20)19-4-3-17-9-19/h1-7,9,18H,8H2,(H2,16,21,22). The van der Waals surface area contributed by atoms with Gasteiger partial charge in [-0.3, -0.25) is 0 Å². The van der Waals surface area contributed by atoms with E-state index in [4.69, 9.17) is 21.2 Å². The molecule has 0 spiro atoms. The Morgan fingerprint density at radius 1 is 1.44 bits per heavy atom. The van der Waals surface area contributed by atoms with Gasteiger partial charge in [0.15, 0.2) is 0 Å². The van der Waals surface area contributed by atoms with Crippen LogP contribution in [0.15, 0.2) is 63.5 Å². The molecule has 0 fully saturated rings. The lowest BCUT2D eigenvalue weighted by atomic mass is 10.3. The molecule has 0 amide bonds. The van der Waals surface area contributed by atoms with Gasteiger partial charge in [0.25, 0.3) is 0 Å². The van der Waals surface area contributed by atoms with Gasteiger partial charge in [0, 0.05) is 12.3 Å².